The highest BCUT2D eigenvalue weighted by atomic mass is 16.4. The summed E-state index contributed by atoms with van der Waals surface area (Å²) in [7, 11) is 0. The number of hydrogen-bond acceptors (Lipinski definition) is 4. The molecule has 1 saturated carbocycles. The second kappa shape index (κ2) is 6.86. The molecule has 0 aliphatic heterocycles. The molecule has 1 aliphatic rings. The Morgan fingerprint density at radius 3 is 2.46 bits per heavy atom. The van der Waals surface area contributed by atoms with Crippen molar-refractivity contribution < 1.29 is 19.1 Å². The maximum Gasteiger partial charge on any atom is 0.311 e. The van der Waals surface area contributed by atoms with Gasteiger partial charge in [0.05, 0.1) is 11.6 Å². The Morgan fingerprint density at radius 2 is 1.88 bits per heavy atom. The molecule has 1 heterocycles. The zero-order valence-corrected chi connectivity index (χ0v) is 13.3. The molecule has 6 heteroatoms. The normalized spacial score (nSPS) is 16.5. The van der Waals surface area contributed by atoms with E-state index in [2.05, 4.69) is 10.3 Å². The van der Waals surface area contributed by atoms with Crippen LogP contribution in [0.4, 0.5) is 0 Å². The Hall–Kier alpha value is -2.63. The quantitative estimate of drug-likeness (QED) is 0.880. The lowest BCUT2D eigenvalue weighted by Crippen LogP contribution is -2.44. The summed E-state index contributed by atoms with van der Waals surface area (Å²) in [5.41, 5.74) is 0.501. The molecule has 1 aliphatic carbocycles. The number of aromatic nitrogens is 1. The van der Waals surface area contributed by atoms with Crippen LogP contribution >= 0.6 is 0 Å². The van der Waals surface area contributed by atoms with E-state index in [-0.39, 0.29) is 12.5 Å². The third-order valence-corrected chi connectivity index (χ3v) is 4.72. The van der Waals surface area contributed by atoms with Crippen LogP contribution in [0.2, 0.25) is 0 Å². The van der Waals surface area contributed by atoms with E-state index >= 15 is 0 Å². The number of hydrogen-bond donors (Lipinski definition) is 2. The average Bonchev–Trinajstić information content (AvgIpc) is 3.15. The SMILES string of the molecule is O=C(NCC1(C(=O)O)CCCCC1)c1ccc(-c2cnco2)cc1. The second-order valence-electron chi connectivity index (χ2n) is 6.27. The number of amides is 1. The standard InChI is InChI=1S/C18H20N2O4/c21-16(20-11-18(17(22)23)8-2-1-3-9-18)14-6-4-13(5-7-14)15-10-19-12-24-15/h4-7,10,12H,1-3,8-9,11H2,(H,20,21)(H,22,23). The molecule has 0 saturated heterocycles. The van der Waals surface area contributed by atoms with Crippen molar-refractivity contribution in [2.24, 2.45) is 5.41 Å². The Labute approximate surface area is 139 Å². The van der Waals surface area contributed by atoms with Crippen molar-refractivity contribution in [3.8, 4) is 11.3 Å². The molecule has 0 bridgehead atoms. The average molecular weight is 328 g/mol. The van der Waals surface area contributed by atoms with Crippen molar-refractivity contribution in [1.82, 2.24) is 10.3 Å². The minimum absolute atomic E-state index is 0.172. The first kappa shape index (κ1) is 16.2. The van der Waals surface area contributed by atoms with Crippen LogP contribution in [0.3, 0.4) is 0 Å². The van der Waals surface area contributed by atoms with Gasteiger partial charge in [-0.2, -0.15) is 0 Å². The van der Waals surface area contributed by atoms with E-state index in [1.54, 1.807) is 30.5 Å². The summed E-state index contributed by atoms with van der Waals surface area (Å²) in [6, 6.07) is 6.95. The fraction of sp³-hybridized carbons (Fsp3) is 0.389. The summed E-state index contributed by atoms with van der Waals surface area (Å²) < 4.78 is 5.21. The number of rotatable bonds is 5. The maximum absolute atomic E-state index is 12.3. The fourth-order valence-corrected chi connectivity index (χ4v) is 3.19. The monoisotopic (exact) mass is 328 g/mol. The number of carboxylic acid groups (broad SMARTS) is 1. The molecule has 0 atom stereocenters. The third-order valence-electron chi connectivity index (χ3n) is 4.72. The van der Waals surface area contributed by atoms with Gasteiger partial charge >= 0.3 is 5.97 Å². The Balaban J connectivity index is 1.65. The number of nitrogens with one attached hydrogen (secondary N) is 1. The maximum atomic E-state index is 12.3. The van der Waals surface area contributed by atoms with Gasteiger partial charge in [-0.1, -0.05) is 31.4 Å². The van der Waals surface area contributed by atoms with Crippen LogP contribution in [0, 0.1) is 5.41 Å². The Bertz CT molecular complexity index is 701. The molecule has 0 unspecified atom stereocenters. The van der Waals surface area contributed by atoms with Crippen molar-refractivity contribution in [2.75, 3.05) is 6.54 Å². The first-order chi connectivity index (χ1) is 11.6. The van der Waals surface area contributed by atoms with E-state index < -0.39 is 11.4 Å². The van der Waals surface area contributed by atoms with Gasteiger partial charge in [-0.15, -0.1) is 0 Å². The topological polar surface area (TPSA) is 92.4 Å². The highest BCUT2D eigenvalue weighted by Gasteiger charge is 2.39. The second-order valence-corrected chi connectivity index (χ2v) is 6.27. The van der Waals surface area contributed by atoms with Crippen molar-refractivity contribution >= 4 is 11.9 Å². The van der Waals surface area contributed by atoms with E-state index in [9.17, 15) is 14.7 Å². The summed E-state index contributed by atoms with van der Waals surface area (Å²) in [6.07, 6.45) is 7.05. The van der Waals surface area contributed by atoms with Gasteiger partial charge in [0, 0.05) is 17.7 Å². The summed E-state index contributed by atoms with van der Waals surface area (Å²) in [6.45, 7) is 0.172. The minimum atomic E-state index is -0.826. The van der Waals surface area contributed by atoms with Gasteiger partial charge in [-0.3, -0.25) is 9.59 Å². The minimum Gasteiger partial charge on any atom is -0.481 e. The summed E-state index contributed by atoms with van der Waals surface area (Å²) >= 11 is 0. The van der Waals surface area contributed by atoms with Gasteiger partial charge in [-0.25, -0.2) is 4.98 Å². The molecule has 1 fully saturated rings. The summed E-state index contributed by atoms with van der Waals surface area (Å²) in [5.74, 6) is -0.442. The predicted molar refractivity (Wildman–Crippen MR) is 87.4 cm³/mol. The van der Waals surface area contributed by atoms with E-state index in [0.717, 1.165) is 24.8 Å². The number of oxazole rings is 1. The molecular formula is C18H20N2O4. The van der Waals surface area contributed by atoms with Crippen molar-refractivity contribution in [2.45, 2.75) is 32.1 Å². The lowest BCUT2D eigenvalue weighted by atomic mass is 9.74. The van der Waals surface area contributed by atoms with E-state index in [0.29, 0.717) is 24.2 Å². The molecule has 0 radical (unpaired) electrons. The molecule has 126 valence electrons. The van der Waals surface area contributed by atoms with Crippen LogP contribution in [0.1, 0.15) is 42.5 Å². The van der Waals surface area contributed by atoms with Gasteiger partial charge in [0.2, 0.25) is 0 Å². The third kappa shape index (κ3) is 3.32. The summed E-state index contributed by atoms with van der Waals surface area (Å²) in [4.78, 5) is 27.8. The molecule has 2 aromatic rings. The van der Waals surface area contributed by atoms with Crippen LogP contribution in [0.15, 0.2) is 41.3 Å². The van der Waals surface area contributed by atoms with Gasteiger partial charge in [-0.05, 0) is 25.0 Å². The number of benzene rings is 1. The van der Waals surface area contributed by atoms with Crippen molar-refractivity contribution in [1.29, 1.82) is 0 Å². The fourth-order valence-electron chi connectivity index (χ4n) is 3.19. The first-order valence-electron chi connectivity index (χ1n) is 8.11. The zero-order chi connectivity index (χ0) is 17.0. The number of nitrogens with zero attached hydrogens (tertiary/aromatic N) is 1. The molecular weight excluding hydrogens is 308 g/mol. The van der Waals surface area contributed by atoms with Crippen LogP contribution in [-0.4, -0.2) is 28.5 Å². The lowest BCUT2D eigenvalue weighted by molar-refractivity contribution is -0.150. The van der Waals surface area contributed by atoms with Gasteiger partial charge < -0.3 is 14.8 Å². The van der Waals surface area contributed by atoms with Crippen LogP contribution < -0.4 is 5.32 Å². The van der Waals surface area contributed by atoms with Gasteiger partial charge in [0.15, 0.2) is 12.2 Å². The van der Waals surface area contributed by atoms with Crippen LogP contribution in [0.5, 0.6) is 0 Å². The van der Waals surface area contributed by atoms with E-state index in [1.807, 2.05) is 0 Å². The molecule has 3 rings (SSSR count). The number of carbonyl (C=O) groups excluding carboxylic acids is 1. The number of aliphatic carboxylic acids is 1. The zero-order valence-electron chi connectivity index (χ0n) is 13.3. The van der Waals surface area contributed by atoms with E-state index in [1.165, 1.54) is 6.39 Å². The Morgan fingerprint density at radius 1 is 1.17 bits per heavy atom. The molecule has 1 amide bonds. The highest BCUT2D eigenvalue weighted by Crippen LogP contribution is 2.36. The predicted octanol–water partition coefficient (Wildman–Crippen LogP) is 3.11. The van der Waals surface area contributed by atoms with Crippen LogP contribution in [-0.2, 0) is 4.79 Å². The smallest absolute Gasteiger partial charge is 0.311 e. The largest absolute Gasteiger partial charge is 0.481 e. The summed E-state index contributed by atoms with van der Waals surface area (Å²) in [5, 5.41) is 12.3. The van der Waals surface area contributed by atoms with E-state index in [4.69, 9.17) is 4.42 Å². The first-order valence-corrected chi connectivity index (χ1v) is 8.11. The molecule has 6 nitrogen and oxygen atoms in total. The van der Waals surface area contributed by atoms with Gasteiger partial charge in [0.1, 0.15) is 0 Å². The van der Waals surface area contributed by atoms with Crippen molar-refractivity contribution in [3.05, 3.63) is 42.4 Å². The molecule has 24 heavy (non-hydrogen) atoms. The lowest BCUT2D eigenvalue weighted by Gasteiger charge is -2.33. The number of carbonyl (C=O) groups is 2. The highest BCUT2D eigenvalue weighted by molar-refractivity contribution is 5.95. The van der Waals surface area contributed by atoms with Crippen molar-refractivity contribution in [3.63, 3.8) is 0 Å². The Kier molecular flexibility index (Phi) is 4.64. The van der Waals surface area contributed by atoms with Crippen LogP contribution in [0.25, 0.3) is 11.3 Å². The van der Waals surface area contributed by atoms with Gasteiger partial charge in [0.25, 0.3) is 5.91 Å². The molecule has 1 aromatic heterocycles. The molecule has 1 aromatic carbocycles. The molecule has 0 spiro atoms. The molecule has 2 N–H and O–H groups in total. The number of carboxylic acids is 1.